The lowest BCUT2D eigenvalue weighted by Crippen LogP contribution is -2.47. The van der Waals surface area contributed by atoms with Gasteiger partial charge in [0.15, 0.2) is 0 Å². The number of hydrogen-bond acceptors (Lipinski definition) is 4. The molecule has 1 heterocycles. The van der Waals surface area contributed by atoms with E-state index < -0.39 is 5.41 Å². The number of carbonyl (C=O) groups is 1. The van der Waals surface area contributed by atoms with Crippen molar-refractivity contribution in [2.24, 2.45) is 11.1 Å². The summed E-state index contributed by atoms with van der Waals surface area (Å²) in [5.41, 5.74) is 5.54. The van der Waals surface area contributed by atoms with Gasteiger partial charge in [-0.2, -0.15) is 5.10 Å². The van der Waals surface area contributed by atoms with E-state index in [1.165, 1.54) is 6.33 Å². The van der Waals surface area contributed by atoms with Crippen LogP contribution in [0, 0.1) is 5.41 Å². The van der Waals surface area contributed by atoms with Crippen LogP contribution in [0.4, 0.5) is 0 Å². The summed E-state index contributed by atoms with van der Waals surface area (Å²) in [7, 11) is 0. The van der Waals surface area contributed by atoms with Crippen molar-refractivity contribution in [1.29, 1.82) is 0 Å². The summed E-state index contributed by atoms with van der Waals surface area (Å²) in [5, 5.41) is 9.26. The molecule has 0 saturated heterocycles. The molecule has 0 aliphatic heterocycles. The molecule has 16 heavy (non-hydrogen) atoms. The SMILES string of the molecule is CC1(C(=O)NCc2ncn[nH]2)CCCC1N. The van der Waals surface area contributed by atoms with Gasteiger partial charge in [0.05, 0.1) is 12.0 Å². The molecule has 6 nitrogen and oxygen atoms in total. The Balaban J connectivity index is 1.93. The zero-order valence-electron chi connectivity index (χ0n) is 9.36. The Labute approximate surface area is 94.0 Å². The minimum atomic E-state index is -0.431. The van der Waals surface area contributed by atoms with Crippen molar-refractivity contribution >= 4 is 5.91 Å². The van der Waals surface area contributed by atoms with Crippen LogP contribution in [0.25, 0.3) is 0 Å². The van der Waals surface area contributed by atoms with Crippen molar-refractivity contribution in [3.8, 4) is 0 Å². The number of amides is 1. The smallest absolute Gasteiger partial charge is 0.227 e. The fourth-order valence-corrected chi connectivity index (χ4v) is 2.16. The van der Waals surface area contributed by atoms with Gasteiger partial charge in [0.25, 0.3) is 0 Å². The van der Waals surface area contributed by atoms with Gasteiger partial charge in [0.2, 0.25) is 5.91 Å². The number of carbonyl (C=O) groups excluding carboxylic acids is 1. The van der Waals surface area contributed by atoms with Crippen LogP contribution < -0.4 is 11.1 Å². The molecular formula is C10H17N5O. The Bertz CT molecular complexity index is 363. The van der Waals surface area contributed by atoms with Crippen molar-refractivity contribution < 1.29 is 4.79 Å². The first-order chi connectivity index (χ1) is 7.63. The van der Waals surface area contributed by atoms with Crippen LogP contribution in [0.1, 0.15) is 32.0 Å². The van der Waals surface area contributed by atoms with Gasteiger partial charge in [-0.3, -0.25) is 9.89 Å². The number of rotatable bonds is 3. The second-order valence-corrected chi connectivity index (χ2v) is 4.53. The van der Waals surface area contributed by atoms with Crippen LogP contribution in [0.3, 0.4) is 0 Å². The van der Waals surface area contributed by atoms with Crippen molar-refractivity contribution in [2.75, 3.05) is 0 Å². The maximum absolute atomic E-state index is 12.0. The maximum Gasteiger partial charge on any atom is 0.227 e. The predicted octanol–water partition coefficient (Wildman–Crippen LogP) is -0.0616. The third kappa shape index (κ3) is 1.92. The molecule has 1 aromatic heterocycles. The lowest BCUT2D eigenvalue weighted by Gasteiger charge is -2.27. The highest BCUT2D eigenvalue weighted by Gasteiger charge is 2.42. The van der Waals surface area contributed by atoms with Crippen LogP contribution in [0.15, 0.2) is 6.33 Å². The number of aromatic amines is 1. The zero-order valence-corrected chi connectivity index (χ0v) is 9.36. The summed E-state index contributed by atoms with van der Waals surface area (Å²) in [6, 6.07) is -0.0396. The van der Waals surface area contributed by atoms with E-state index in [0.29, 0.717) is 12.4 Å². The van der Waals surface area contributed by atoms with Crippen LogP contribution in [-0.4, -0.2) is 27.1 Å². The van der Waals surface area contributed by atoms with Gasteiger partial charge in [0, 0.05) is 6.04 Å². The standard InChI is InChI=1S/C10H17N5O/c1-10(4-2-3-7(10)11)9(16)12-5-8-13-6-14-15-8/h6-7H,2-5,11H2,1H3,(H,12,16)(H,13,14,15). The molecule has 0 aromatic carbocycles. The molecule has 1 aliphatic carbocycles. The van der Waals surface area contributed by atoms with E-state index in [9.17, 15) is 4.79 Å². The van der Waals surface area contributed by atoms with Gasteiger partial charge in [-0.15, -0.1) is 0 Å². The molecule has 4 N–H and O–H groups in total. The Kier molecular flexibility index (Phi) is 2.91. The lowest BCUT2D eigenvalue weighted by atomic mass is 9.84. The first-order valence-electron chi connectivity index (χ1n) is 5.51. The number of hydrogen-bond donors (Lipinski definition) is 3. The molecule has 1 aliphatic rings. The first kappa shape index (κ1) is 11.1. The molecule has 1 saturated carbocycles. The molecule has 88 valence electrons. The maximum atomic E-state index is 12.0. The summed E-state index contributed by atoms with van der Waals surface area (Å²) in [6.45, 7) is 2.31. The van der Waals surface area contributed by atoms with E-state index in [-0.39, 0.29) is 11.9 Å². The number of H-pyrrole nitrogens is 1. The molecule has 2 atom stereocenters. The van der Waals surface area contributed by atoms with Crippen LogP contribution >= 0.6 is 0 Å². The Morgan fingerprint density at radius 3 is 3.19 bits per heavy atom. The van der Waals surface area contributed by atoms with Crippen LogP contribution in [0.2, 0.25) is 0 Å². The van der Waals surface area contributed by atoms with Gasteiger partial charge in [-0.1, -0.05) is 6.42 Å². The largest absolute Gasteiger partial charge is 0.348 e. The van der Waals surface area contributed by atoms with E-state index >= 15 is 0 Å². The van der Waals surface area contributed by atoms with E-state index in [2.05, 4.69) is 20.5 Å². The van der Waals surface area contributed by atoms with Crippen molar-refractivity contribution in [2.45, 2.75) is 38.8 Å². The average molecular weight is 223 g/mol. The van der Waals surface area contributed by atoms with Crippen molar-refractivity contribution in [1.82, 2.24) is 20.5 Å². The molecule has 1 fully saturated rings. The van der Waals surface area contributed by atoms with E-state index in [4.69, 9.17) is 5.73 Å². The molecule has 0 radical (unpaired) electrons. The predicted molar refractivity (Wildman–Crippen MR) is 58.2 cm³/mol. The fraction of sp³-hybridized carbons (Fsp3) is 0.700. The lowest BCUT2D eigenvalue weighted by molar-refractivity contribution is -0.130. The molecule has 2 unspecified atom stereocenters. The van der Waals surface area contributed by atoms with Gasteiger partial charge in [-0.25, -0.2) is 4.98 Å². The number of nitrogens with two attached hydrogens (primary N) is 1. The van der Waals surface area contributed by atoms with Gasteiger partial charge in [-0.05, 0) is 19.8 Å². The third-order valence-corrected chi connectivity index (χ3v) is 3.43. The molecule has 6 heteroatoms. The fourth-order valence-electron chi connectivity index (χ4n) is 2.16. The molecule has 2 rings (SSSR count). The zero-order chi connectivity index (χ0) is 11.6. The Morgan fingerprint density at radius 1 is 1.81 bits per heavy atom. The van der Waals surface area contributed by atoms with Gasteiger partial charge < -0.3 is 11.1 Å². The minimum Gasteiger partial charge on any atom is -0.348 e. The first-order valence-corrected chi connectivity index (χ1v) is 5.51. The Morgan fingerprint density at radius 2 is 2.62 bits per heavy atom. The Hall–Kier alpha value is -1.43. The minimum absolute atomic E-state index is 0.00824. The molecule has 1 aromatic rings. The summed E-state index contributed by atoms with van der Waals surface area (Å²) < 4.78 is 0. The second-order valence-electron chi connectivity index (χ2n) is 4.53. The number of nitrogens with zero attached hydrogens (tertiary/aromatic N) is 2. The van der Waals surface area contributed by atoms with Gasteiger partial charge >= 0.3 is 0 Å². The van der Waals surface area contributed by atoms with Crippen molar-refractivity contribution in [3.05, 3.63) is 12.2 Å². The number of nitrogens with one attached hydrogen (secondary N) is 2. The topological polar surface area (TPSA) is 96.7 Å². The van der Waals surface area contributed by atoms with Crippen molar-refractivity contribution in [3.63, 3.8) is 0 Å². The van der Waals surface area contributed by atoms with E-state index in [1.807, 2.05) is 6.92 Å². The highest BCUT2D eigenvalue weighted by atomic mass is 16.2. The van der Waals surface area contributed by atoms with Crippen LogP contribution in [0.5, 0.6) is 0 Å². The summed E-state index contributed by atoms with van der Waals surface area (Å²) in [5.74, 6) is 0.664. The van der Waals surface area contributed by atoms with E-state index in [1.54, 1.807) is 0 Å². The molecular weight excluding hydrogens is 206 g/mol. The quantitative estimate of drug-likeness (QED) is 0.668. The second kappa shape index (κ2) is 4.21. The highest BCUT2D eigenvalue weighted by Crippen LogP contribution is 2.36. The average Bonchev–Trinajstić information content (AvgIpc) is 2.87. The number of aromatic nitrogens is 3. The molecule has 1 amide bonds. The van der Waals surface area contributed by atoms with E-state index in [0.717, 1.165) is 19.3 Å². The summed E-state index contributed by atoms with van der Waals surface area (Å²) in [4.78, 5) is 16.0. The van der Waals surface area contributed by atoms with Crippen LogP contribution in [-0.2, 0) is 11.3 Å². The summed E-state index contributed by atoms with van der Waals surface area (Å²) in [6.07, 6.45) is 4.22. The summed E-state index contributed by atoms with van der Waals surface area (Å²) >= 11 is 0. The highest BCUT2D eigenvalue weighted by molar-refractivity contribution is 5.83. The van der Waals surface area contributed by atoms with Gasteiger partial charge in [0.1, 0.15) is 12.2 Å². The molecule has 0 spiro atoms. The normalized spacial score (nSPS) is 29.2. The monoisotopic (exact) mass is 223 g/mol. The molecule has 0 bridgehead atoms. The third-order valence-electron chi connectivity index (χ3n) is 3.43.